The van der Waals surface area contributed by atoms with E-state index in [9.17, 15) is 0 Å². The van der Waals surface area contributed by atoms with Crippen molar-refractivity contribution < 1.29 is 20.1 Å². The first-order valence-electron chi connectivity index (χ1n) is 7.73. The second-order valence-corrected chi connectivity index (χ2v) is 5.48. The molecule has 5 heteroatoms. The number of hydrogen-bond acceptors (Lipinski definition) is 1. The Morgan fingerprint density at radius 2 is 1.96 bits per heavy atom. The van der Waals surface area contributed by atoms with Gasteiger partial charge in [0.1, 0.15) is 12.4 Å². The van der Waals surface area contributed by atoms with E-state index in [1.807, 2.05) is 71.3 Å². The van der Waals surface area contributed by atoms with Gasteiger partial charge in [-0.1, -0.05) is 25.1 Å². The number of pyridine rings is 1. The summed E-state index contributed by atoms with van der Waals surface area (Å²) in [7, 11) is 2.00. The van der Waals surface area contributed by atoms with Crippen LogP contribution in [0.5, 0.6) is 0 Å². The Labute approximate surface area is 161 Å². The number of imidazole rings is 1. The Bertz CT molecular complexity index is 866. The van der Waals surface area contributed by atoms with Crippen molar-refractivity contribution in [3.63, 3.8) is 0 Å². The van der Waals surface area contributed by atoms with E-state index in [0.29, 0.717) is 0 Å². The van der Waals surface area contributed by atoms with Gasteiger partial charge in [0, 0.05) is 44.7 Å². The van der Waals surface area contributed by atoms with Gasteiger partial charge in [0.2, 0.25) is 0 Å². The summed E-state index contributed by atoms with van der Waals surface area (Å²) >= 11 is 0. The molecule has 0 fully saturated rings. The maximum Gasteiger partial charge on any atom is 0.163 e. The molecule has 4 rings (SSSR count). The quantitative estimate of drug-likeness (QED) is 0.386. The maximum absolute atomic E-state index is 4.16. The number of aryl methyl sites for hydroxylation is 2. The maximum atomic E-state index is 4.16. The predicted molar refractivity (Wildman–Crippen MR) is 95.7 cm³/mol. The summed E-state index contributed by atoms with van der Waals surface area (Å²) in [6.45, 7) is 2.07. The molecule has 0 saturated heterocycles. The zero-order valence-corrected chi connectivity index (χ0v) is 16.5. The Hall–Kier alpha value is -2.49. The molecule has 1 aromatic carbocycles. The van der Waals surface area contributed by atoms with Crippen molar-refractivity contribution in [2.75, 3.05) is 0 Å². The summed E-state index contributed by atoms with van der Waals surface area (Å²) in [6.07, 6.45) is 9.57. The van der Waals surface area contributed by atoms with Crippen LogP contribution in [0.4, 0.5) is 0 Å². The molecular weight excluding hydrogens is 488 g/mol. The van der Waals surface area contributed by atoms with Gasteiger partial charge in [-0.15, -0.1) is 17.8 Å². The standard InChI is InChI=1S/C11H12N2.C9H7N2.Ir/c1-10-3-5-11(6-4-10)13-8-7-12(2)9-13;1-2-6-10-8(4-1)9-5-3-7-11-9;/h3-5,7-9H,1-2H3;1-7H;/q;-1;. The predicted octanol–water partition coefficient (Wildman–Crippen LogP) is 3.91. The molecule has 0 aliphatic carbocycles. The normalized spacial score (nSPS) is 9.68. The summed E-state index contributed by atoms with van der Waals surface area (Å²) in [5, 5.41) is 0. The fourth-order valence-corrected chi connectivity index (χ4v) is 2.21. The van der Waals surface area contributed by atoms with Crippen LogP contribution in [-0.4, -0.2) is 14.1 Å². The van der Waals surface area contributed by atoms with Crippen LogP contribution >= 0.6 is 0 Å². The van der Waals surface area contributed by atoms with E-state index in [1.54, 1.807) is 12.4 Å². The third-order valence-electron chi connectivity index (χ3n) is 3.48. The van der Waals surface area contributed by atoms with Gasteiger partial charge in [0.15, 0.2) is 6.33 Å². The molecule has 4 nitrogen and oxygen atoms in total. The second kappa shape index (κ2) is 9.11. The molecule has 4 aromatic rings. The van der Waals surface area contributed by atoms with Gasteiger partial charge in [-0.2, -0.15) is 23.9 Å². The monoisotopic (exact) mass is 508 g/mol. The van der Waals surface area contributed by atoms with Gasteiger partial charge >= 0.3 is 0 Å². The van der Waals surface area contributed by atoms with Crippen LogP contribution in [0.1, 0.15) is 5.56 Å². The van der Waals surface area contributed by atoms with E-state index in [1.165, 1.54) is 5.56 Å². The summed E-state index contributed by atoms with van der Waals surface area (Å²) in [5.74, 6) is 0. The van der Waals surface area contributed by atoms with Gasteiger partial charge < -0.3 is 4.98 Å². The Balaban J connectivity index is 0.000000175. The molecule has 0 N–H and O–H groups in total. The van der Waals surface area contributed by atoms with Gasteiger partial charge in [0.25, 0.3) is 0 Å². The van der Waals surface area contributed by atoms with Crippen LogP contribution in [0.3, 0.4) is 0 Å². The summed E-state index contributed by atoms with van der Waals surface area (Å²) in [4.78, 5) is 8.28. The van der Waals surface area contributed by atoms with Gasteiger partial charge in [-0.25, -0.2) is 4.57 Å². The first-order valence-corrected chi connectivity index (χ1v) is 7.73. The van der Waals surface area contributed by atoms with Crippen LogP contribution in [0.2, 0.25) is 0 Å². The molecule has 0 spiro atoms. The molecule has 0 amide bonds. The molecule has 3 heterocycles. The van der Waals surface area contributed by atoms with E-state index in [2.05, 4.69) is 35.1 Å². The van der Waals surface area contributed by atoms with Crippen molar-refractivity contribution in [3.8, 4) is 17.1 Å². The van der Waals surface area contributed by atoms with E-state index in [-0.39, 0.29) is 20.1 Å². The number of rotatable bonds is 2. The van der Waals surface area contributed by atoms with Gasteiger partial charge in [-0.05, 0) is 12.1 Å². The van der Waals surface area contributed by atoms with Gasteiger partial charge in [0.05, 0.1) is 0 Å². The molecule has 0 aliphatic rings. The minimum absolute atomic E-state index is 0. The minimum Gasteiger partial charge on any atom is -0.662 e. The van der Waals surface area contributed by atoms with E-state index in [0.717, 1.165) is 17.1 Å². The van der Waals surface area contributed by atoms with Crippen LogP contribution < -0.4 is 4.98 Å². The second-order valence-electron chi connectivity index (χ2n) is 5.48. The van der Waals surface area contributed by atoms with Crippen molar-refractivity contribution in [1.82, 2.24) is 19.1 Å². The minimum atomic E-state index is 0. The van der Waals surface area contributed by atoms with Crippen molar-refractivity contribution in [3.05, 3.63) is 91.3 Å². The summed E-state index contributed by atoms with van der Waals surface area (Å²) < 4.78 is 4.05. The largest absolute Gasteiger partial charge is 0.662 e. The Kier molecular flexibility index (Phi) is 6.87. The number of benzene rings is 1. The molecule has 0 saturated carbocycles. The number of aromatic nitrogens is 4. The third kappa shape index (κ3) is 5.24. The van der Waals surface area contributed by atoms with Crippen LogP contribution in [0.25, 0.3) is 17.1 Å². The SMILES string of the molecule is Cc1c[c-]c(-n2ccn(C)[cH+]2)cc1.[Ir].c1ccc(-c2ccc[n-]2)nc1. The Morgan fingerprint density at radius 1 is 1.08 bits per heavy atom. The molecule has 0 bridgehead atoms. The molecule has 129 valence electrons. The first kappa shape index (κ1) is 18.8. The molecule has 25 heavy (non-hydrogen) atoms. The summed E-state index contributed by atoms with van der Waals surface area (Å²) in [6, 6.07) is 19.0. The fraction of sp³-hybridized carbons (Fsp3) is 0.100. The van der Waals surface area contributed by atoms with E-state index < -0.39 is 0 Å². The zero-order chi connectivity index (χ0) is 16.8. The molecule has 0 unspecified atom stereocenters. The average molecular weight is 508 g/mol. The molecular formula is C20H19IrN4-. The van der Waals surface area contributed by atoms with Crippen LogP contribution in [0, 0.1) is 13.0 Å². The zero-order valence-electron chi connectivity index (χ0n) is 14.1. The third-order valence-corrected chi connectivity index (χ3v) is 3.48. The fourth-order valence-electron chi connectivity index (χ4n) is 2.21. The Morgan fingerprint density at radius 3 is 2.52 bits per heavy atom. The van der Waals surface area contributed by atoms with Crippen molar-refractivity contribution in [2.24, 2.45) is 7.05 Å². The van der Waals surface area contributed by atoms with E-state index in [4.69, 9.17) is 0 Å². The van der Waals surface area contributed by atoms with Crippen LogP contribution in [0.15, 0.2) is 79.6 Å². The number of nitrogens with zero attached hydrogens (tertiary/aromatic N) is 4. The number of hydrogen-bond donors (Lipinski definition) is 0. The first-order chi connectivity index (χ1) is 11.7. The molecule has 0 atom stereocenters. The van der Waals surface area contributed by atoms with E-state index >= 15 is 0 Å². The van der Waals surface area contributed by atoms with Crippen molar-refractivity contribution >= 4 is 0 Å². The summed E-state index contributed by atoms with van der Waals surface area (Å²) in [5.41, 5.74) is 4.18. The molecule has 1 radical (unpaired) electrons. The smallest absolute Gasteiger partial charge is 0.163 e. The van der Waals surface area contributed by atoms with Crippen LogP contribution in [-0.2, 0) is 27.2 Å². The molecule has 3 aromatic heterocycles. The average Bonchev–Trinajstić information content (AvgIpc) is 3.29. The van der Waals surface area contributed by atoms with Crippen molar-refractivity contribution in [1.29, 1.82) is 0 Å². The molecule has 0 aliphatic heterocycles. The van der Waals surface area contributed by atoms with Gasteiger partial charge in [-0.3, -0.25) is 9.55 Å². The van der Waals surface area contributed by atoms with Crippen molar-refractivity contribution in [2.45, 2.75) is 6.92 Å². The topological polar surface area (TPSA) is 36.9 Å².